The van der Waals surface area contributed by atoms with Crippen molar-refractivity contribution in [3.63, 3.8) is 0 Å². The Labute approximate surface area is 79.8 Å². The van der Waals surface area contributed by atoms with Crippen molar-refractivity contribution in [3.05, 3.63) is 42.3 Å². The maximum Gasteiger partial charge on any atom is 2.00 e. The van der Waals surface area contributed by atoms with Gasteiger partial charge in [-0.3, -0.25) is 0 Å². The van der Waals surface area contributed by atoms with Crippen molar-refractivity contribution < 1.29 is 19.5 Å². The largest absolute Gasteiger partial charge is 2.00 e. The molecule has 0 spiro atoms. The third-order valence-electron chi connectivity index (χ3n) is 1.31. The maximum absolute atomic E-state index is 8.32. The maximum atomic E-state index is 8.32. The van der Waals surface area contributed by atoms with Crippen LogP contribution in [0.25, 0.3) is 0 Å². The van der Waals surface area contributed by atoms with Crippen molar-refractivity contribution in [1.82, 2.24) is 0 Å². The van der Waals surface area contributed by atoms with E-state index in [1.165, 1.54) is 0 Å². The summed E-state index contributed by atoms with van der Waals surface area (Å²) in [6, 6.07) is 9.75. The zero-order valence-electron chi connectivity index (χ0n) is 6.38. The van der Waals surface area contributed by atoms with Gasteiger partial charge in [0.1, 0.15) is 0 Å². The molecule has 0 aromatic heterocycles. The molecule has 1 aromatic carbocycles. The Bertz CT molecular complexity index is 245. The summed E-state index contributed by atoms with van der Waals surface area (Å²) >= 11 is 0. The Morgan fingerprint density at radius 1 is 1.27 bits per heavy atom. The molecule has 0 N–H and O–H groups in total. The molecule has 1 nitrogen and oxygen atoms in total. The predicted octanol–water partition coefficient (Wildman–Crippen LogP) is 1.93. The van der Waals surface area contributed by atoms with Gasteiger partial charge < -0.3 is 0 Å². The van der Waals surface area contributed by atoms with Crippen molar-refractivity contribution in [3.8, 4) is 6.07 Å². The Kier molecular flexibility index (Phi) is 4.58. The van der Waals surface area contributed by atoms with Crippen LogP contribution in [0.1, 0.15) is 11.1 Å². The van der Waals surface area contributed by atoms with Gasteiger partial charge in [-0.2, -0.15) is 29.9 Å². The normalized spacial score (nSPS) is 7.91. The van der Waals surface area contributed by atoms with Crippen LogP contribution in [0.4, 0.5) is 0 Å². The molecule has 0 saturated heterocycles. The van der Waals surface area contributed by atoms with Gasteiger partial charge >= 0.3 is 19.5 Å². The molecule has 0 fully saturated rings. The number of hydrogen-bond donors (Lipinski definition) is 0. The molecule has 1 aromatic rings. The van der Waals surface area contributed by atoms with E-state index in [-0.39, 0.29) is 19.5 Å². The molecule has 0 aliphatic rings. The molecule has 0 unspecified atom stereocenters. The molecule has 1 rings (SSSR count). The number of nitriles is 1. The molecular formula is C9H8NZn+. The number of benzene rings is 1. The summed E-state index contributed by atoms with van der Waals surface area (Å²) in [6.45, 7) is 3.74. The van der Waals surface area contributed by atoms with Gasteiger partial charge in [-0.15, -0.1) is 12.1 Å². The van der Waals surface area contributed by atoms with Crippen LogP contribution < -0.4 is 0 Å². The molecule has 0 aliphatic heterocycles. The van der Waals surface area contributed by atoms with Gasteiger partial charge in [0.2, 0.25) is 0 Å². The minimum atomic E-state index is 0. The SMILES string of the molecule is [CH2-]c1ccc(CC#N)cc1.[Zn+2]. The molecule has 0 aliphatic carbocycles. The van der Waals surface area contributed by atoms with Gasteiger partial charge in [-0.05, 0) is 0 Å². The van der Waals surface area contributed by atoms with E-state index in [1.807, 2.05) is 24.3 Å². The van der Waals surface area contributed by atoms with E-state index in [9.17, 15) is 0 Å². The first-order valence-electron chi connectivity index (χ1n) is 3.11. The number of nitrogens with zero attached hydrogens (tertiary/aromatic N) is 1. The predicted molar refractivity (Wildman–Crippen MR) is 40.2 cm³/mol. The van der Waals surface area contributed by atoms with Gasteiger partial charge in [-0.1, -0.05) is 5.56 Å². The van der Waals surface area contributed by atoms with Crippen LogP contribution in [0.3, 0.4) is 0 Å². The van der Waals surface area contributed by atoms with Crippen LogP contribution in [0.2, 0.25) is 0 Å². The van der Waals surface area contributed by atoms with Gasteiger partial charge in [0.15, 0.2) is 0 Å². The van der Waals surface area contributed by atoms with E-state index in [4.69, 9.17) is 5.26 Å². The molecule has 0 radical (unpaired) electrons. The first kappa shape index (κ1) is 10.2. The third kappa shape index (κ3) is 3.21. The summed E-state index contributed by atoms with van der Waals surface area (Å²) in [5.41, 5.74) is 2.04. The monoisotopic (exact) mass is 194 g/mol. The molecule has 0 heterocycles. The van der Waals surface area contributed by atoms with Crippen molar-refractivity contribution in [2.24, 2.45) is 0 Å². The van der Waals surface area contributed by atoms with Crippen molar-refractivity contribution in [2.45, 2.75) is 6.42 Å². The summed E-state index contributed by atoms with van der Waals surface area (Å²) in [5, 5.41) is 8.32. The van der Waals surface area contributed by atoms with Crippen molar-refractivity contribution in [1.29, 1.82) is 5.26 Å². The molecule has 50 valence electrons. The summed E-state index contributed by atoms with van der Waals surface area (Å²) in [5.74, 6) is 0. The topological polar surface area (TPSA) is 23.8 Å². The van der Waals surface area contributed by atoms with Crippen LogP contribution >= 0.6 is 0 Å². The van der Waals surface area contributed by atoms with E-state index in [0.29, 0.717) is 6.42 Å². The summed E-state index contributed by atoms with van der Waals surface area (Å²) in [6.07, 6.45) is 0.486. The van der Waals surface area contributed by atoms with Gasteiger partial charge in [-0.25, -0.2) is 0 Å². The third-order valence-corrected chi connectivity index (χ3v) is 1.31. The smallest absolute Gasteiger partial charge is 0.199 e. The number of rotatable bonds is 1. The zero-order valence-corrected chi connectivity index (χ0v) is 9.35. The van der Waals surface area contributed by atoms with E-state index < -0.39 is 0 Å². The first-order valence-corrected chi connectivity index (χ1v) is 3.11. The average molecular weight is 196 g/mol. The molecule has 0 amide bonds. The minimum Gasteiger partial charge on any atom is -0.199 e. The Hall–Kier alpha value is -0.797. The molecular weight excluding hydrogens is 187 g/mol. The molecule has 2 heteroatoms. The molecule has 11 heavy (non-hydrogen) atoms. The Morgan fingerprint density at radius 2 is 1.82 bits per heavy atom. The Balaban J connectivity index is 0.000001000. The van der Waals surface area contributed by atoms with Crippen LogP contribution in [0.15, 0.2) is 24.3 Å². The van der Waals surface area contributed by atoms with E-state index in [2.05, 4.69) is 13.0 Å². The summed E-state index contributed by atoms with van der Waals surface area (Å²) < 4.78 is 0. The van der Waals surface area contributed by atoms with Crippen LogP contribution in [0.5, 0.6) is 0 Å². The fourth-order valence-corrected chi connectivity index (χ4v) is 0.748. The Morgan fingerprint density at radius 3 is 2.27 bits per heavy atom. The van der Waals surface area contributed by atoms with Gasteiger partial charge in [0.05, 0.1) is 12.5 Å². The first-order chi connectivity index (χ1) is 4.83. The van der Waals surface area contributed by atoms with Crippen LogP contribution in [0, 0.1) is 18.3 Å². The quantitative estimate of drug-likeness (QED) is 0.496. The second kappa shape index (κ2) is 4.93. The van der Waals surface area contributed by atoms with Crippen LogP contribution in [-0.2, 0) is 25.9 Å². The van der Waals surface area contributed by atoms with Gasteiger partial charge in [0.25, 0.3) is 0 Å². The van der Waals surface area contributed by atoms with Crippen LogP contribution in [-0.4, -0.2) is 0 Å². The van der Waals surface area contributed by atoms with Crippen molar-refractivity contribution >= 4 is 0 Å². The summed E-state index contributed by atoms with van der Waals surface area (Å²) in [7, 11) is 0. The van der Waals surface area contributed by atoms with E-state index in [1.54, 1.807) is 0 Å². The van der Waals surface area contributed by atoms with Gasteiger partial charge in [0, 0.05) is 0 Å². The second-order valence-corrected chi connectivity index (χ2v) is 2.15. The average Bonchev–Trinajstić information content (AvgIpc) is 1.95. The minimum absolute atomic E-state index is 0. The molecule has 0 bridgehead atoms. The van der Waals surface area contributed by atoms with E-state index >= 15 is 0 Å². The molecule has 0 atom stereocenters. The standard InChI is InChI=1S/C9H8N.Zn/c1-8-2-4-9(5-3-8)6-7-10;/h2-5H,1,6H2;/q-1;+2. The summed E-state index contributed by atoms with van der Waals surface area (Å²) in [4.78, 5) is 0. The fourth-order valence-electron chi connectivity index (χ4n) is 0.748. The zero-order chi connectivity index (χ0) is 7.40. The second-order valence-electron chi connectivity index (χ2n) is 2.15. The number of hydrogen-bond acceptors (Lipinski definition) is 1. The van der Waals surface area contributed by atoms with Crippen molar-refractivity contribution in [2.75, 3.05) is 0 Å². The van der Waals surface area contributed by atoms with E-state index in [0.717, 1.165) is 11.1 Å². The molecule has 0 saturated carbocycles. The fraction of sp³-hybridized carbons (Fsp3) is 0.111.